The third kappa shape index (κ3) is 32.9. The van der Waals surface area contributed by atoms with E-state index in [0.29, 0.717) is 5.78 Å². The molecule has 0 fully saturated rings. The van der Waals surface area contributed by atoms with Gasteiger partial charge in [-0.05, 0) is 25.2 Å². The van der Waals surface area contributed by atoms with Gasteiger partial charge >= 0.3 is 0 Å². The van der Waals surface area contributed by atoms with E-state index in [1.807, 2.05) is 13.8 Å². The molecular formula is C20H44O. The average Bonchev–Trinajstić information content (AvgIpc) is 2.44. The maximum Gasteiger partial charge on any atom is 0.129 e. The van der Waals surface area contributed by atoms with E-state index in [-0.39, 0.29) is 0 Å². The fourth-order valence-corrected chi connectivity index (χ4v) is 2.11. The van der Waals surface area contributed by atoms with Gasteiger partial charge in [-0.1, -0.05) is 93.4 Å². The first-order chi connectivity index (χ1) is 9.93. The van der Waals surface area contributed by atoms with Crippen LogP contribution < -0.4 is 0 Å². The van der Waals surface area contributed by atoms with Crippen LogP contribution in [-0.4, -0.2) is 5.78 Å². The highest BCUT2D eigenvalue weighted by Gasteiger charge is 2.00. The number of rotatable bonds is 10. The Kier molecular flexibility index (Phi) is 26.8. The van der Waals surface area contributed by atoms with E-state index in [2.05, 4.69) is 34.6 Å². The van der Waals surface area contributed by atoms with Crippen molar-refractivity contribution in [3.8, 4) is 0 Å². The molecule has 0 aliphatic rings. The number of ketones is 1. The summed E-state index contributed by atoms with van der Waals surface area (Å²) in [4.78, 5) is 10.2. The molecule has 0 radical (unpaired) electrons. The lowest BCUT2D eigenvalue weighted by Gasteiger charge is -2.09. The van der Waals surface area contributed by atoms with Gasteiger partial charge in [-0.2, -0.15) is 0 Å². The van der Waals surface area contributed by atoms with Gasteiger partial charge < -0.3 is 4.79 Å². The van der Waals surface area contributed by atoms with Crippen LogP contribution in [0.15, 0.2) is 0 Å². The molecule has 0 saturated carbocycles. The Hall–Kier alpha value is -0.330. The summed E-state index contributed by atoms with van der Waals surface area (Å²) in [5, 5.41) is 0. The summed E-state index contributed by atoms with van der Waals surface area (Å²) in [6.07, 6.45) is 11.4. The maximum atomic E-state index is 10.2. The molecule has 0 aromatic carbocycles. The molecule has 0 aliphatic carbocycles. The lowest BCUT2D eigenvalue weighted by molar-refractivity contribution is -0.117. The van der Waals surface area contributed by atoms with Gasteiger partial charge in [-0.3, -0.25) is 0 Å². The van der Waals surface area contributed by atoms with Crippen molar-refractivity contribution in [2.75, 3.05) is 0 Å². The second kappa shape index (κ2) is 22.0. The molecule has 0 rings (SSSR count). The third-order valence-corrected chi connectivity index (χ3v) is 3.39. The first kappa shape index (κ1) is 25.6. The van der Waals surface area contributed by atoms with Crippen LogP contribution in [0.3, 0.4) is 0 Å². The largest absolute Gasteiger partial charge is 0.300 e. The zero-order valence-electron chi connectivity index (χ0n) is 16.4. The van der Waals surface area contributed by atoms with E-state index >= 15 is 0 Å². The van der Waals surface area contributed by atoms with Crippen LogP contribution >= 0.6 is 0 Å². The van der Waals surface area contributed by atoms with Crippen molar-refractivity contribution in [3.63, 3.8) is 0 Å². The number of carbonyl (C=O) groups excluding carboxylic acids is 1. The molecule has 1 atom stereocenters. The van der Waals surface area contributed by atoms with E-state index in [0.717, 1.165) is 31.1 Å². The van der Waals surface area contributed by atoms with Crippen LogP contribution in [0.1, 0.15) is 113 Å². The van der Waals surface area contributed by atoms with Crippen molar-refractivity contribution in [1.29, 1.82) is 0 Å². The standard InChI is InChI=1S/C12H26.C6H12O.C2H6/c1-5-8-12(4)10-7-6-9-11(2)3;1-3-4-5-6(2)7;1-2/h11-12H,5-10H2,1-4H3;3-5H2,1-2H3;1-2H3. The Morgan fingerprint density at radius 2 is 1.33 bits per heavy atom. The van der Waals surface area contributed by atoms with Gasteiger partial charge in [0, 0.05) is 6.42 Å². The Balaban J connectivity index is -0.000000307. The first-order valence-electron chi connectivity index (χ1n) is 9.43. The lowest BCUT2D eigenvalue weighted by Crippen LogP contribution is -1.94. The molecule has 0 aromatic rings. The molecule has 0 heterocycles. The van der Waals surface area contributed by atoms with Crippen molar-refractivity contribution >= 4 is 5.78 Å². The molecule has 0 saturated heterocycles. The van der Waals surface area contributed by atoms with Gasteiger partial charge in [0.2, 0.25) is 0 Å². The Morgan fingerprint density at radius 3 is 1.67 bits per heavy atom. The molecule has 0 N–H and O–H groups in total. The minimum atomic E-state index is 0.307. The Labute approximate surface area is 136 Å². The van der Waals surface area contributed by atoms with Gasteiger partial charge in [0.15, 0.2) is 0 Å². The SMILES string of the molecule is CC.CCCC(C)CCCCC(C)C.CCCCC(C)=O. The van der Waals surface area contributed by atoms with Crippen LogP contribution in [-0.2, 0) is 4.79 Å². The number of hydrogen-bond acceptors (Lipinski definition) is 1. The van der Waals surface area contributed by atoms with Crippen LogP contribution in [0.4, 0.5) is 0 Å². The summed E-state index contributed by atoms with van der Waals surface area (Å²) >= 11 is 0. The minimum Gasteiger partial charge on any atom is -0.300 e. The van der Waals surface area contributed by atoms with Gasteiger partial charge in [0.05, 0.1) is 0 Å². The van der Waals surface area contributed by atoms with Crippen molar-refractivity contribution in [2.45, 2.75) is 113 Å². The van der Waals surface area contributed by atoms with Gasteiger partial charge in [0.25, 0.3) is 0 Å². The summed E-state index contributed by atoms with van der Waals surface area (Å²) in [5.41, 5.74) is 0. The van der Waals surface area contributed by atoms with E-state index < -0.39 is 0 Å². The van der Waals surface area contributed by atoms with Crippen LogP contribution in [0.5, 0.6) is 0 Å². The fourth-order valence-electron chi connectivity index (χ4n) is 2.11. The molecule has 0 bridgehead atoms. The molecule has 21 heavy (non-hydrogen) atoms. The fraction of sp³-hybridized carbons (Fsp3) is 0.950. The smallest absolute Gasteiger partial charge is 0.129 e. The lowest BCUT2D eigenvalue weighted by atomic mass is 9.97. The quantitative estimate of drug-likeness (QED) is 0.383. The maximum absolute atomic E-state index is 10.2. The zero-order chi connectivity index (χ0) is 17.1. The van der Waals surface area contributed by atoms with Crippen molar-refractivity contribution in [3.05, 3.63) is 0 Å². The molecule has 0 aromatic heterocycles. The minimum absolute atomic E-state index is 0.307. The van der Waals surface area contributed by atoms with Crippen molar-refractivity contribution in [1.82, 2.24) is 0 Å². The van der Waals surface area contributed by atoms with E-state index in [1.165, 1.54) is 38.5 Å². The molecule has 1 heteroatoms. The number of carbonyl (C=O) groups is 1. The Bertz CT molecular complexity index is 184. The topological polar surface area (TPSA) is 17.1 Å². The predicted molar refractivity (Wildman–Crippen MR) is 98.9 cm³/mol. The van der Waals surface area contributed by atoms with Crippen molar-refractivity contribution in [2.24, 2.45) is 11.8 Å². The predicted octanol–water partition coefficient (Wildman–Crippen LogP) is 7.43. The van der Waals surface area contributed by atoms with Gasteiger partial charge in [-0.15, -0.1) is 0 Å². The Morgan fingerprint density at radius 1 is 0.810 bits per heavy atom. The van der Waals surface area contributed by atoms with E-state index in [4.69, 9.17) is 0 Å². The van der Waals surface area contributed by atoms with Crippen LogP contribution in [0, 0.1) is 11.8 Å². The summed E-state index contributed by atoms with van der Waals surface area (Å²) in [7, 11) is 0. The normalized spacial score (nSPS) is 11.1. The second-order valence-electron chi connectivity index (χ2n) is 6.38. The summed E-state index contributed by atoms with van der Waals surface area (Å²) in [6, 6.07) is 0. The second-order valence-corrected chi connectivity index (χ2v) is 6.38. The highest BCUT2D eigenvalue weighted by atomic mass is 16.1. The van der Waals surface area contributed by atoms with Gasteiger partial charge in [-0.25, -0.2) is 0 Å². The highest BCUT2D eigenvalue weighted by molar-refractivity contribution is 5.75. The molecule has 0 spiro atoms. The number of Topliss-reactive ketones (excluding diaryl/α,β-unsaturated/α-hetero) is 1. The first-order valence-corrected chi connectivity index (χ1v) is 9.43. The molecule has 1 nitrogen and oxygen atoms in total. The van der Waals surface area contributed by atoms with E-state index in [1.54, 1.807) is 6.92 Å². The number of unbranched alkanes of at least 4 members (excludes halogenated alkanes) is 2. The zero-order valence-corrected chi connectivity index (χ0v) is 16.4. The molecule has 1 unspecified atom stereocenters. The highest BCUT2D eigenvalue weighted by Crippen LogP contribution is 2.16. The average molecular weight is 301 g/mol. The van der Waals surface area contributed by atoms with Gasteiger partial charge in [0.1, 0.15) is 5.78 Å². The molecule has 0 amide bonds. The summed E-state index contributed by atoms with van der Waals surface area (Å²) < 4.78 is 0. The monoisotopic (exact) mass is 300 g/mol. The molecular weight excluding hydrogens is 256 g/mol. The summed E-state index contributed by atoms with van der Waals surface area (Å²) in [5.74, 6) is 2.16. The van der Waals surface area contributed by atoms with E-state index in [9.17, 15) is 4.79 Å². The number of hydrogen-bond donors (Lipinski definition) is 0. The molecule has 130 valence electrons. The summed E-state index contributed by atoms with van der Waals surface area (Å²) in [6.45, 7) is 17.0. The van der Waals surface area contributed by atoms with Crippen molar-refractivity contribution < 1.29 is 4.79 Å². The van der Waals surface area contributed by atoms with Crippen LogP contribution in [0.2, 0.25) is 0 Å². The van der Waals surface area contributed by atoms with Crippen LogP contribution in [0.25, 0.3) is 0 Å². The third-order valence-electron chi connectivity index (χ3n) is 3.39. The molecule has 0 aliphatic heterocycles.